The quantitative estimate of drug-likeness (QED) is 0.668. The maximum absolute atomic E-state index is 5.96. The van der Waals surface area contributed by atoms with Gasteiger partial charge in [0.05, 0.1) is 0 Å². The second-order valence-electron chi connectivity index (χ2n) is 4.63. The van der Waals surface area contributed by atoms with E-state index in [0.717, 1.165) is 5.92 Å². The number of hydrogen-bond donors (Lipinski definition) is 1. The first-order chi connectivity index (χ1) is 5.75. The number of rotatable bonds is 2. The smallest absolute Gasteiger partial charge is 0.00889 e. The van der Waals surface area contributed by atoms with Gasteiger partial charge >= 0.3 is 0 Å². The molecule has 0 aromatic rings. The summed E-state index contributed by atoms with van der Waals surface area (Å²) in [6, 6.07) is 0.459. The molecule has 2 rings (SSSR count). The Labute approximate surface area is 75.1 Å². The van der Waals surface area contributed by atoms with Crippen molar-refractivity contribution in [2.24, 2.45) is 17.6 Å². The van der Waals surface area contributed by atoms with Crippen molar-refractivity contribution in [3.63, 3.8) is 0 Å². The Hall–Kier alpha value is -0.0800. The predicted molar refractivity (Wildman–Crippen MR) is 50.9 cm³/mol. The van der Waals surface area contributed by atoms with Gasteiger partial charge in [-0.1, -0.05) is 6.92 Å². The molecular formula is C10H20N2. The van der Waals surface area contributed by atoms with Gasteiger partial charge in [-0.2, -0.15) is 0 Å². The molecule has 0 aromatic carbocycles. The zero-order chi connectivity index (χ0) is 8.55. The number of nitrogens with two attached hydrogens (primary N) is 1. The van der Waals surface area contributed by atoms with Crippen LogP contribution in [0.5, 0.6) is 0 Å². The van der Waals surface area contributed by atoms with Crippen LogP contribution in [-0.2, 0) is 0 Å². The van der Waals surface area contributed by atoms with Crippen LogP contribution in [0.2, 0.25) is 0 Å². The largest absolute Gasteiger partial charge is 0.327 e. The van der Waals surface area contributed by atoms with E-state index < -0.39 is 0 Å². The third-order valence-electron chi connectivity index (χ3n) is 3.27. The van der Waals surface area contributed by atoms with Gasteiger partial charge in [0.1, 0.15) is 0 Å². The summed E-state index contributed by atoms with van der Waals surface area (Å²) >= 11 is 0. The van der Waals surface area contributed by atoms with Crippen molar-refractivity contribution in [1.29, 1.82) is 0 Å². The van der Waals surface area contributed by atoms with E-state index in [2.05, 4.69) is 11.8 Å². The summed E-state index contributed by atoms with van der Waals surface area (Å²) in [5, 5.41) is 0. The van der Waals surface area contributed by atoms with Crippen LogP contribution >= 0.6 is 0 Å². The lowest BCUT2D eigenvalue weighted by Crippen LogP contribution is -2.46. The molecule has 0 aromatic heterocycles. The zero-order valence-electron chi connectivity index (χ0n) is 8.00. The van der Waals surface area contributed by atoms with E-state index in [1.165, 1.54) is 38.9 Å². The van der Waals surface area contributed by atoms with E-state index >= 15 is 0 Å². The lowest BCUT2D eigenvalue weighted by molar-refractivity contribution is 0.159. The Bertz CT molecular complexity index is 154. The van der Waals surface area contributed by atoms with Crippen LogP contribution in [0.3, 0.4) is 0 Å². The normalized spacial score (nSPS) is 38.5. The Balaban J connectivity index is 1.76. The van der Waals surface area contributed by atoms with E-state index in [0.29, 0.717) is 12.0 Å². The van der Waals surface area contributed by atoms with Crippen molar-refractivity contribution in [2.75, 3.05) is 19.6 Å². The van der Waals surface area contributed by atoms with Crippen LogP contribution in [-0.4, -0.2) is 30.6 Å². The molecule has 12 heavy (non-hydrogen) atoms. The van der Waals surface area contributed by atoms with Crippen molar-refractivity contribution in [3.05, 3.63) is 0 Å². The fourth-order valence-corrected chi connectivity index (χ4v) is 2.08. The molecule has 2 fully saturated rings. The fraction of sp³-hybridized carbons (Fsp3) is 1.00. The first-order valence-electron chi connectivity index (χ1n) is 5.23. The van der Waals surface area contributed by atoms with Crippen LogP contribution in [0.1, 0.15) is 26.2 Å². The summed E-state index contributed by atoms with van der Waals surface area (Å²) in [5.41, 5.74) is 5.96. The molecule has 1 aliphatic carbocycles. The summed E-state index contributed by atoms with van der Waals surface area (Å²) in [6.07, 6.45) is 4.14. The summed E-state index contributed by atoms with van der Waals surface area (Å²) < 4.78 is 0. The molecule has 1 heterocycles. The molecule has 0 amide bonds. The van der Waals surface area contributed by atoms with Gasteiger partial charge in [0.15, 0.2) is 0 Å². The summed E-state index contributed by atoms with van der Waals surface area (Å²) in [6.45, 7) is 6.10. The van der Waals surface area contributed by atoms with Crippen LogP contribution in [0.4, 0.5) is 0 Å². The minimum atomic E-state index is 0.459. The second-order valence-corrected chi connectivity index (χ2v) is 4.63. The molecule has 0 bridgehead atoms. The lowest BCUT2D eigenvalue weighted by atomic mass is 9.95. The highest BCUT2D eigenvalue weighted by Gasteiger charge is 2.28. The zero-order valence-corrected chi connectivity index (χ0v) is 8.00. The number of likely N-dealkylation sites (tertiary alicyclic amines) is 1. The van der Waals surface area contributed by atoms with Gasteiger partial charge in [0.2, 0.25) is 0 Å². The third kappa shape index (κ3) is 1.99. The number of nitrogens with zero attached hydrogens (tertiary/aromatic N) is 1. The van der Waals surface area contributed by atoms with Gasteiger partial charge in [0, 0.05) is 19.1 Å². The Morgan fingerprint density at radius 3 is 2.67 bits per heavy atom. The monoisotopic (exact) mass is 168 g/mol. The molecule has 2 heteroatoms. The molecule has 2 nitrogen and oxygen atoms in total. The molecule has 0 spiro atoms. The molecule has 2 N–H and O–H groups in total. The molecule has 70 valence electrons. The maximum atomic E-state index is 5.96. The minimum Gasteiger partial charge on any atom is -0.327 e. The van der Waals surface area contributed by atoms with Gasteiger partial charge < -0.3 is 10.6 Å². The Morgan fingerprint density at radius 2 is 2.08 bits per heavy atom. The third-order valence-corrected chi connectivity index (χ3v) is 3.27. The lowest BCUT2D eigenvalue weighted by Gasteiger charge is -2.35. The first kappa shape index (κ1) is 8.52. The topological polar surface area (TPSA) is 29.3 Å². The van der Waals surface area contributed by atoms with Crippen LogP contribution in [0.15, 0.2) is 0 Å². The van der Waals surface area contributed by atoms with E-state index in [9.17, 15) is 0 Å². The van der Waals surface area contributed by atoms with E-state index in [-0.39, 0.29) is 0 Å². The van der Waals surface area contributed by atoms with Crippen molar-refractivity contribution in [1.82, 2.24) is 4.90 Å². The average Bonchev–Trinajstić information content (AvgIpc) is 2.81. The van der Waals surface area contributed by atoms with E-state index in [1.807, 2.05) is 0 Å². The second kappa shape index (κ2) is 3.35. The number of piperidine rings is 1. The average molecular weight is 168 g/mol. The molecular weight excluding hydrogens is 148 g/mol. The van der Waals surface area contributed by atoms with Crippen molar-refractivity contribution >= 4 is 0 Å². The van der Waals surface area contributed by atoms with Crippen molar-refractivity contribution in [3.8, 4) is 0 Å². The highest BCUT2D eigenvalue weighted by Crippen LogP contribution is 2.30. The minimum absolute atomic E-state index is 0.459. The Morgan fingerprint density at radius 1 is 1.33 bits per heavy atom. The fourth-order valence-electron chi connectivity index (χ4n) is 2.08. The Kier molecular flexibility index (Phi) is 2.37. The standard InChI is InChI=1S/C10H20N2/c1-8-6-12(5-4-10(8)11)7-9-2-3-9/h8-10H,2-7,11H2,1H3. The van der Waals surface area contributed by atoms with Gasteiger partial charge in [0.25, 0.3) is 0 Å². The molecule has 1 aliphatic heterocycles. The SMILES string of the molecule is CC1CN(CC2CC2)CCC1N. The maximum Gasteiger partial charge on any atom is 0.00889 e. The van der Waals surface area contributed by atoms with Crippen LogP contribution in [0, 0.1) is 11.8 Å². The molecule has 2 atom stereocenters. The molecule has 0 radical (unpaired) electrons. The molecule has 1 saturated carbocycles. The number of hydrogen-bond acceptors (Lipinski definition) is 2. The van der Waals surface area contributed by atoms with Crippen molar-refractivity contribution < 1.29 is 0 Å². The van der Waals surface area contributed by atoms with Crippen LogP contribution in [0.25, 0.3) is 0 Å². The molecule has 2 unspecified atom stereocenters. The van der Waals surface area contributed by atoms with Gasteiger partial charge in [-0.15, -0.1) is 0 Å². The van der Waals surface area contributed by atoms with E-state index in [4.69, 9.17) is 5.73 Å². The highest BCUT2D eigenvalue weighted by molar-refractivity contribution is 4.84. The summed E-state index contributed by atoms with van der Waals surface area (Å²) in [5.74, 6) is 1.74. The highest BCUT2D eigenvalue weighted by atomic mass is 15.1. The summed E-state index contributed by atoms with van der Waals surface area (Å²) in [7, 11) is 0. The predicted octanol–water partition coefficient (Wildman–Crippen LogP) is 1.07. The molecule has 1 saturated heterocycles. The van der Waals surface area contributed by atoms with Crippen LogP contribution < -0.4 is 5.73 Å². The summed E-state index contributed by atoms with van der Waals surface area (Å²) in [4.78, 5) is 2.60. The van der Waals surface area contributed by atoms with Gasteiger partial charge in [-0.05, 0) is 37.6 Å². The van der Waals surface area contributed by atoms with Gasteiger partial charge in [-0.25, -0.2) is 0 Å². The van der Waals surface area contributed by atoms with Crippen molar-refractivity contribution in [2.45, 2.75) is 32.2 Å². The first-order valence-corrected chi connectivity index (χ1v) is 5.23. The van der Waals surface area contributed by atoms with Gasteiger partial charge in [-0.3, -0.25) is 0 Å². The van der Waals surface area contributed by atoms with E-state index in [1.54, 1.807) is 0 Å². The molecule has 2 aliphatic rings.